The topological polar surface area (TPSA) is 21.3 Å². The van der Waals surface area contributed by atoms with Crippen LogP contribution >= 0.6 is 0 Å². The molecular formula is C16H22F3NO. The van der Waals surface area contributed by atoms with E-state index >= 15 is 0 Å². The molecule has 0 saturated carbocycles. The quantitative estimate of drug-likeness (QED) is 0.742. The highest BCUT2D eigenvalue weighted by Gasteiger charge is 2.31. The monoisotopic (exact) mass is 301 g/mol. The smallest absolute Gasteiger partial charge is 0.406 e. The summed E-state index contributed by atoms with van der Waals surface area (Å²) >= 11 is 0. The van der Waals surface area contributed by atoms with Crippen LogP contribution in [0.5, 0.6) is 5.75 Å². The van der Waals surface area contributed by atoms with E-state index in [4.69, 9.17) is 0 Å². The molecule has 5 heteroatoms. The Balaban J connectivity index is 2.86. The molecule has 0 aliphatic rings. The van der Waals surface area contributed by atoms with E-state index in [1.807, 2.05) is 6.08 Å². The number of ether oxygens (including phenoxy) is 1. The van der Waals surface area contributed by atoms with E-state index in [1.54, 1.807) is 12.1 Å². The lowest BCUT2D eigenvalue weighted by molar-refractivity contribution is -0.274. The second-order valence-corrected chi connectivity index (χ2v) is 5.17. The molecule has 0 unspecified atom stereocenters. The highest BCUT2D eigenvalue weighted by molar-refractivity contribution is 5.55. The van der Waals surface area contributed by atoms with Crippen molar-refractivity contribution in [2.75, 3.05) is 13.1 Å². The Labute approximate surface area is 124 Å². The molecule has 1 aromatic carbocycles. The molecule has 2 nitrogen and oxygen atoms in total. The van der Waals surface area contributed by atoms with Crippen LogP contribution in [-0.4, -0.2) is 19.5 Å². The number of hydrogen-bond donors (Lipinski definition) is 1. The number of hydrogen-bond acceptors (Lipinski definition) is 2. The van der Waals surface area contributed by atoms with Crippen molar-refractivity contribution < 1.29 is 17.9 Å². The largest absolute Gasteiger partial charge is 0.573 e. The molecule has 0 aliphatic carbocycles. The highest BCUT2D eigenvalue weighted by atomic mass is 19.4. The summed E-state index contributed by atoms with van der Waals surface area (Å²) in [5.74, 6) is 0.127. The normalized spacial score (nSPS) is 12.8. The summed E-state index contributed by atoms with van der Waals surface area (Å²) in [7, 11) is 0. The molecule has 1 aromatic rings. The Hall–Kier alpha value is -1.49. The molecule has 1 N–H and O–H groups in total. The van der Waals surface area contributed by atoms with Gasteiger partial charge < -0.3 is 10.1 Å². The zero-order valence-electron chi connectivity index (χ0n) is 12.6. The van der Waals surface area contributed by atoms with E-state index in [0.29, 0.717) is 11.5 Å². The van der Waals surface area contributed by atoms with E-state index in [-0.39, 0.29) is 5.75 Å². The number of rotatable bonds is 7. The van der Waals surface area contributed by atoms with E-state index in [1.165, 1.54) is 12.1 Å². The summed E-state index contributed by atoms with van der Waals surface area (Å²) in [5, 5.41) is 3.31. The minimum Gasteiger partial charge on any atom is -0.406 e. The third kappa shape index (κ3) is 7.18. The van der Waals surface area contributed by atoms with Crippen molar-refractivity contribution >= 4 is 6.08 Å². The van der Waals surface area contributed by atoms with Crippen LogP contribution in [0.3, 0.4) is 0 Å². The third-order valence-electron chi connectivity index (χ3n) is 2.94. The van der Waals surface area contributed by atoms with Gasteiger partial charge in [-0.25, -0.2) is 0 Å². The molecule has 0 saturated heterocycles. The van der Waals surface area contributed by atoms with Crippen LogP contribution in [0.15, 0.2) is 29.8 Å². The SMILES string of the molecule is CCCNC/C(=C/c1cccc(OC(F)(F)F)c1)C(C)C. The lowest BCUT2D eigenvalue weighted by atomic mass is 10.00. The number of benzene rings is 1. The van der Waals surface area contributed by atoms with Crippen molar-refractivity contribution in [2.24, 2.45) is 5.92 Å². The number of nitrogens with one attached hydrogen (secondary N) is 1. The molecule has 118 valence electrons. The predicted molar refractivity (Wildman–Crippen MR) is 79.1 cm³/mol. The third-order valence-corrected chi connectivity index (χ3v) is 2.94. The first-order valence-electron chi connectivity index (χ1n) is 7.09. The Bertz CT molecular complexity index is 467. The van der Waals surface area contributed by atoms with E-state index in [0.717, 1.165) is 25.1 Å². The molecule has 0 amide bonds. The minimum atomic E-state index is -4.66. The molecule has 0 spiro atoms. The van der Waals surface area contributed by atoms with E-state index < -0.39 is 6.36 Å². The first-order valence-corrected chi connectivity index (χ1v) is 7.09. The molecule has 0 bridgehead atoms. The Morgan fingerprint density at radius 1 is 1.33 bits per heavy atom. The number of alkyl halides is 3. The van der Waals surface area contributed by atoms with Gasteiger partial charge in [-0.05, 0) is 36.6 Å². The second kappa shape index (κ2) is 8.08. The minimum absolute atomic E-state index is 0.194. The van der Waals surface area contributed by atoms with Gasteiger partial charge in [-0.3, -0.25) is 0 Å². The van der Waals surface area contributed by atoms with Crippen LogP contribution in [0.2, 0.25) is 0 Å². The van der Waals surface area contributed by atoms with Gasteiger partial charge in [0.1, 0.15) is 5.75 Å². The second-order valence-electron chi connectivity index (χ2n) is 5.17. The maximum absolute atomic E-state index is 12.2. The van der Waals surface area contributed by atoms with Gasteiger partial charge in [-0.2, -0.15) is 0 Å². The van der Waals surface area contributed by atoms with Gasteiger partial charge in [0.05, 0.1) is 0 Å². The molecule has 0 radical (unpaired) electrons. The van der Waals surface area contributed by atoms with Gasteiger partial charge in [-0.1, -0.05) is 44.6 Å². The summed E-state index contributed by atoms with van der Waals surface area (Å²) in [6.45, 7) is 7.87. The predicted octanol–water partition coefficient (Wildman–Crippen LogP) is 4.62. The summed E-state index contributed by atoms with van der Waals surface area (Å²) in [6, 6.07) is 6.03. The van der Waals surface area contributed by atoms with Crippen LogP contribution in [0.25, 0.3) is 6.08 Å². The van der Waals surface area contributed by atoms with Gasteiger partial charge in [-0.15, -0.1) is 13.2 Å². The Kier molecular flexibility index (Phi) is 6.75. The molecule has 0 heterocycles. The first-order chi connectivity index (χ1) is 9.81. The standard InChI is InChI=1S/C16H22F3NO/c1-4-8-20-11-14(12(2)3)9-13-6-5-7-15(10-13)21-16(17,18)19/h5-7,9-10,12,20H,4,8,11H2,1-3H3/b14-9-. The van der Waals surface area contributed by atoms with Crippen molar-refractivity contribution in [2.45, 2.75) is 33.6 Å². The van der Waals surface area contributed by atoms with Crippen molar-refractivity contribution in [1.82, 2.24) is 5.32 Å². The Morgan fingerprint density at radius 2 is 2.05 bits per heavy atom. The highest BCUT2D eigenvalue weighted by Crippen LogP contribution is 2.24. The summed E-state index contributed by atoms with van der Waals surface area (Å²) < 4.78 is 40.6. The van der Waals surface area contributed by atoms with Gasteiger partial charge in [0.2, 0.25) is 0 Å². The lowest BCUT2D eigenvalue weighted by Crippen LogP contribution is -2.20. The molecular weight excluding hydrogens is 279 g/mol. The maximum atomic E-state index is 12.2. The van der Waals surface area contributed by atoms with Gasteiger partial charge in [0.15, 0.2) is 0 Å². The van der Waals surface area contributed by atoms with Crippen LogP contribution in [0, 0.1) is 5.92 Å². The van der Waals surface area contributed by atoms with Crippen LogP contribution in [0.1, 0.15) is 32.8 Å². The average Bonchev–Trinajstić information content (AvgIpc) is 2.36. The summed E-state index contributed by atoms with van der Waals surface area (Å²) in [6.07, 6.45) is -1.71. The zero-order valence-corrected chi connectivity index (χ0v) is 12.6. The zero-order chi connectivity index (χ0) is 15.9. The maximum Gasteiger partial charge on any atom is 0.573 e. The molecule has 0 fully saturated rings. The molecule has 21 heavy (non-hydrogen) atoms. The molecule has 0 aromatic heterocycles. The first kappa shape index (κ1) is 17.6. The molecule has 0 atom stereocenters. The van der Waals surface area contributed by atoms with Crippen molar-refractivity contribution in [3.05, 3.63) is 35.4 Å². The van der Waals surface area contributed by atoms with Crippen molar-refractivity contribution in [3.63, 3.8) is 0 Å². The average molecular weight is 301 g/mol. The fourth-order valence-electron chi connectivity index (χ4n) is 1.85. The van der Waals surface area contributed by atoms with Crippen LogP contribution in [-0.2, 0) is 0 Å². The van der Waals surface area contributed by atoms with Crippen molar-refractivity contribution in [1.29, 1.82) is 0 Å². The van der Waals surface area contributed by atoms with Crippen molar-refractivity contribution in [3.8, 4) is 5.75 Å². The number of halogens is 3. The fraction of sp³-hybridized carbons (Fsp3) is 0.500. The van der Waals surface area contributed by atoms with Crippen LogP contribution in [0.4, 0.5) is 13.2 Å². The van der Waals surface area contributed by atoms with Gasteiger partial charge in [0, 0.05) is 6.54 Å². The summed E-state index contributed by atoms with van der Waals surface area (Å²) in [4.78, 5) is 0. The molecule has 1 rings (SSSR count). The Morgan fingerprint density at radius 3 is 2.62 bits per heavy atom. The summed E-state index contributed by atoms with van der Waals surface area (Å²) in [5.41, 5.74) is 1.85. The van der Waals surface area contributed by atoms with E-state index in [9.17, 15) is 13.2 Å². The van der Waals surface area contributed by atoms with E-state index in [2.05, 4.69) is 30.8 Å². The fourth-order valence-corrected chi connectivity index (χ4v) is 1.85. The van der Waals surface area contributed by atoms with Gasteiger partial charge >= 0.3 is 6.36 Å². The molecule has 0 aliphatic heterocycles. The van der Waals surface area contributed by atoms with Gasteiger partial charge in [0.25, 0.3) is 0 Å². The van der Waals surface area contributed by atoms with Crippen LogP contribution < -0.4 is 10.1 Å². The lowest BCUT2D eigenvalue weighted by Gasteiger charge is -2.13.